The largest absolute Gasteiger partial charge is 0.494 e. The highest BCUT2D eigenvalue weighted by atomic mass is 16.5. The molecule has 0 spiro atoms. The Hall–Kier alpha value is -2.73. The minimum Gasteiger partial charge on any atom is -0.494 e. The number of benzene rings is 2. The number of amides is 1. The van der Waals surface area contributed by atoms with Gasteiger partial charge in [0.05, 0.1) is 25.4 Å². The van der Waals surface area contributed by atoms with E-state index in [2.05, 4.69) is 53.2 Å². The molecule has 0 unspecified atom stereocenters. The normalized spacial score (nSPS) is 16.9. The van der Waals surface area contributed by atoms with E-state index in [1.807, 2.05) is 32.0 Å². The predicted octanol–water partition coefficient (Wildman–Crippen LogP) is 3.94. The summed E-state index contributed by atoms with van der Waals surface area (Å²) in [6, 6.07) is 14.5. The number of ether oxygens (including phenoxy) is 2. The van der Waals surface area contributed by atoms with E-state index in [1.165, 1.54) is 11.3 Å². The maximum absolute atomic E-state index is 12.7. The van der Waals surface area contributed by atoms with Gasteiger partial charge in [0, 0.05) is 37.4 Å². The third-order valence-electron chi connectivity index (χ3n) is 5.25. The van der Waals surface area contributed by atoms with Crippen LogP contribution in [0.4, 0.5) is 11.4 Å². The molecule has 0 saturated carbocycles. The molecule has 1 saturated heterocycles. The van der Waals surface area contributed by atoms with Gasteiger partial charge < -0.3 is 19.7 Å². The van der Waals surface area contributed by atoms with Crippen LogP contribution in [0.3, 0.4) is 0 Å². The fraction of sp³-hybridized carbons (Fsp3) is 0.458. The van der Waals surface area contributed by atoms with Crippen LogP contribution in [0, 0.1) is 6.92 Å². The molecule has 1 heterocycles. The topological polar surface area (TPSA) is 54.0 Å². The quantitative estimate of drug-likeness (QED) is 0.713. The van der Waals surface area contributed by atoms with Crippen LogP contribution >= 0.6 is 0 Å². The standard InChI is InChI=1S/C24H33N3O3/c1-5-29-21-10-11-23(30-6-2)22(15-21)25-24(28)17-26-12-13-27(19(4)16-26)20-9-7-8-18(3)14-20/h7-11,14-15,19H,5-6,12-13,16-17H2,1-4H3,(H,25,28)/t19-/m0/s1. The highest BCUT2D eigenvalue weighted by Crippen LogP contribution is 2.29. The number of hydrogen-bond donors (Lipinski definition) is 1. The number of aryl methyl sites for hydroxylation is 1. The SMILES string of the molecule is CCOc1ccc(OCC)c(NC(=O)CN2CCN(c3cccc(C)c3)[C@@H](C)C2)c1. The van der Waals surface area contributed by atoms with Crippen LogP contribution in [0.25, 0.3) is 0 Å². The van der Waals surface area contributed by atoms with Crippen LogP contribution in [0.1, 0.15) is 26.3 Å². The third-order valence-corrected chi connectivity index (χ3v) is 5.25. The Bertz CT molecular complexity index is 855. The highest BCUT2D eigenvalue weighted by Gasteiger charge is 2.25. The van der Waals surface area contributed by atoms with E-state index in [9.17, 15) is 4.79 Å². The second kappa shape index (κ2) is 10.3. The molecule has 1 aliphatic heterocycles. The first-order chi connectivity index (χ1) is 14.5. The summed E-state index contributed by atoms with van der Waals surface area (Å²) in [5.41, 5.74) is 3.17. The molecule has 162 valence electrons. The third kappa shape index (κ3) is 5.66. The Balaban J connectivity index is 1.60. The molecule has 2 aromatic carbocycles. The van der Waals surface area contributed by atoms with Crippen LogP contribution in [-0.2, 0) is 4.79 Å². The van der Waals surface area contributed by atoms with E-state index in [-0.39, 0.29) is 5.91 Å². The first kappa shape index (κ1) is 22.0. The van der Waals surface area contributed by atoms with Gasteiger partial charge in [0.1, 0.15) is 11.5 Å². The second-order valence-corrected chi connectivity index (χ2v) is 7.69. The molecule has 0 bridgehead atoms. The van der Waals surface area contributed by atoms with Crippen molar-refractivity contribution >= 4 is 17.3 Å². The van der Waals surface area contributed by atoms with Crippen molar-refractivity contribution in [2.75, 3.05) is 49.6 Å². The van der Waals surface area contributed by atoms with Gasteiger partial charge in [0.2, 0.25) is 5.91 Å². The van der Waals surface area contributed by atoms with Crippen LogP contribution < -0.4 is 19.7 Å². The molecular weight excluding hydrogens is 378 g/mol. The summed E-state index contributed by atoms with van der Waals surface area (Å²) in [6.07, 6.45) is 0. The first-order valence-electron chi connectivity index (χ1n) is 10.7. The van der Waals surface area contributed by atoms with Crippen molar-refractivity contribution in [3.63, 3.8) is 0 Å². The lowest BCUT2D eigenvalue weighted by Gasteiger charge is -2.41. The molecule has 0 radical (unpaired) electrons. The molecule has 1 atom stereocenters. The van der Waals surface area contributed by atoms with Crippen LogP contribution in [0.2, 0.25) is 0 Å². The monoisotopic (exact) mass is 411 g/mol. The molecule has 3 rings (SSSR count). The Labute approximate surface area is 179 Å². The summed E-state index contributed by atoms with van der Waals surface area (Å²) < 4.78 is 11.2. The van der Waals surface area contributed by atoms with E-state index in [1.54, 1.807) is 0 Å². The predicted molar refractivity (Wildman–Crippen MR) is 122 cm³/mol. The Morgan fingerprint density at radius 3 is 2.60 bits per heavy atom. The fourth-order valence-electron chi connectivity index (χ4n) is 3.90. The van der Waals surface area contributed by atoms with Crippen molar-refractivity contribution in [2.45, 2.75) is 33.7 Å². The van der Waals surface area contributed by atoms with Crippen LogP contribution in [-0.4, -0.2) is 56.2 Å². The van der Waals surface area contributed by atoms with E-state index in [0.717, 1.165) is 25.4 Å². The number of nitrogens with zero attached hydrogens (tertiary/aromatic N) is 2. The summed E-state index contributed by atoms with van der Waals surface area (Å²) in [7, 11) is 0. The number of hydrogen-bond acceptors (Lipinski definition) is 5. The van der Waals surface area contributed by atoms with Gasteiger partial charge in [-0.25, -0.2) is 0 Å². The van der Waals surface area contributed by atoms with Crippen LogP contribution in [0.5, 0.6) is 11.5 Å². The van der Waals surface area contributed by atoms with Gasteiger partial charge in [-0.2, -0.15) is 0 Å². The van der Waals surface area contributed by atoms with Crippen LogP contribution in [0.15, 0.2) is 42.5 Å². The maximum atomic E-state index is 12.7. The smallest absolute Gasteiger partial charge is 0.238 e. The number of carbonyl (C=O) groups excluding carboxylic acids is 1. The first-order valence-corrected chi connectivity index (χ1v) is 10.7. The summed E-state index contributed by atoms with van der Waals surface area (Å²) in [6.45, 7) is 12.3. The average molecular weight is 412 g/mol. The number of rotatable bonds is 8. The van der Waals surface area contributed by atoms with E-state index in [4.69, 9.17) is 9.47 Å². The van der Waals surface area contributed by atoms with Gasteiger partial charge in [0.25, 0.3) is 0 Å². The summed E-state index contributed by atoms with van der Waals surface area (Å²) >= 11 is 0. The Kier molecular flexibility index (Phi) is 7.57. The summed E-state index contributed by atoms with van der Waals surface area (Å²) in [5.74, 6) is 1.34. The number of anilines is 2. The van der Waals surface area contributed by atoms with E-state index >= 15 is 0 Å². The van der Waals surface area contributed by atoms with E-state index < -0.39 is 0 Å². The summed E-state index contributed by atoms with van der Waals surface area (Å²) in [5, 5.41) is 3.01. The zero-order valence-electron chi connectivity index (χ0n) is 18.5. The number of nitrogens with one attached hydrogen (secondary N) is 1. The summed E-state index contributed by atoms with van der Waals surface area (Å²) in [4.78, 5) is 17.4. The zero-order valence-corrected chi connectivity index (χ0v) is 18.5. The van der Waals surface area contributed by atoms with Gasteiger partial charge in [-0.3, -0.25) is 9.69 Å². The van der Waals surface area contributed by atoms with E-state index in [0.29, 0.717) is 37.2 Å². The molecule has 1 aliphatic rings. The fourth-order valence-corrected chi connectivity index (χ4v) is 3.90. The van der Waals surface area contributed by atoms with Gasteiger partial charge >= 0.3 is 0 Å². The lowest BCUT2D eigenvalue weighted by Crippen LogP contribution is -2.53. The molecule has 6 nitrogen and oxygen atoms in total. The second-order valence-electron chi connectivity index (χ2n) is 7.69. The average Bonchev–Trinajstić information content (AvgIpc) is 2.70. The number of piperazine rings is 1. The number of carbonyl (C=O) groups is 1. The molecule has 0 aliphatic carbocycles. The molecule has 6 heteroatoms. The van der Waals surface area contributed by atoms with Gasteiger partial charge in [-0.1, -0.05) is 12.1 Å². The molecule has 0 aromatic heterocycles. The van der Waals surface area contributed by atoms with Crippen molar-refractivity contribution in [1.82, 2.24) is 4.90 Å². The minimum absolute atomic E-state index is 0.0409. The molecule has 2 aromatic rings. The lowest BCUT2D eigenvalue weighted by atomic mass is 10.1. The van der Waals surface area contributed by atoms with Gasteiger partial charge in [-0.15, -0.1) is 0 Å². The highest BCUT2D eigenvalue weighted by molar-refractivity contribution is 5.94. The zero-order chi connectivity index (χ0) is 21.5. The van der Waals surface area contributed by atoms with Crippen molar-refractivity contribution < 1.29 is 14.3 Å². The van der Waals surface area contributed by atoms with Crippen molar-refractivity contribution in [1.29, 1.82) is 0 Å². The molecule has 1 amide bonds. The molecular formula is C24H33N3O3. The van der Waals surface area contributed by atoms with Crippen molar-refractivity contribution in [2.24, 2.45) is 0 Å². The van der Waals surface area contributed by atoms with Crippen molar-refractivity contribution in [3.05, 3.63) is 48.0 Å². The molecule has 1 fully saturated rings. The van der Waals surface area contributed by atoms with Crippen molar-refractivity contribution in [3.8, 4) is 11.5 Å². The van der Waals surface area contributed by atoms with Gasteiger partial charge in [0.15, 0.2) is 0 Å². The molecule has 30 heavy (non-hydrogen) atoms. The molecule has 1 N–H and O–H groups in total. The minimum atomic E-state index is -0.0409. The Morgan fingerprint density at radius 2 is 1.90 bits per heavy atom. The Morgan fingerprint density at radius 1 is 1.10 bits per heavy atom. The lowest BCUT2D eigenvalue weighted by molar-refractivity contribution is -0.117. The van der Waals surface area contributed by atoms with Gasteiger partial charge in [-0.05, 0) is 57.5 Å². The maximum Gasteiger partial charge on any atom is 0.238 e.